The van der Waals surface area contributed by atoms with E-state index in [1.54, 1.807) is 36.4 Å². The molecule has 5 nitrogen and oxygen atoms in total. The maximum absolute atomic E-state index is 12.2. The zero-order chi connectivity index (χ0) is 16.1. The van der Waals surface area contributed by atoms with Crippen LogP contribution in [0, 0.1) is 11.3 Å². The van der Waals surface area contributed by atoms with Gasteiger partial charge < -0.3 is 14.8 Å². The summed E-state index contributed by atoms with van der Waals surface area (Å²) in [6.07, 6.45) is 0. The Morgan fingerprint density at radius 3 is 2.32 bits per heavy atom. The van der Waals surface area contributed by atoms with Crippen LogP contribution < -0.4 is 14.8 Å². The molecule has 0 radical (unpaired) electrons. The first-order valence-corrected chi connectivity index (χ1v) is 6.70. The standard InChI is InChI=1S/C16H13ClN2O3/c1-21-14-8-15(22-2)13(7-12(14)17)19-16(20)11-5-3-10(9-18)4-6-11/h3-8H,1-2H3,(H,19,20). The van der Waals surface area contributed by atoms with Gasteiger partial charge in [0.05, 0.1) is 36.6 Å². The molecule has 1 N–H and O–H groups in total. The topological polar surface area (TPSA) is 71.3 Å². The zero-order valence-corrected chi connectivity index (χ0v) is 12.8. The second kappa shape index (κ2) is 6.83. The first-order chi connectivity index (χ1) is 10.6. The summed E-state index contributed by atoms with van der Waals surface area (Å²) in [5.41, 5.74) is 1.34. The fraction of sp³-hybridized carbons (Fsp3) is 0.125. The molecule has 0 atom stereocenters. The molecule has 0 fully saturated rings. The molecule has 112 valence electrons. The van der Waals surface area contributed by atoms with Gasteiger partial charge in [0, 0.05) is 11.6 Å². The van der Waals surface area contributed by atoms with Crippen molar-refractivity contribution in [1.82, 2.24) is 0 Å². The SMILES string of the molecule is COc1cc(OC)c(NC(=O)c2ccc(C#N)cc2)cc1Cl. The van der Waals surface area contributed by atoms with E-state index in [-0.39, 0.29) is 5.91 Å². The largest absolute Gasteiger partial charge is 0.495 e. The van der Waals surface area contributed by atoms with E-state index in [2.05, 4.69) is 5.32 Å². The third-order valence-electron chi connectivity index (χ3n) is 3.00. The minimum atomic E-state index is -0.330. The van der Waals surface area contributed by atoms with Crippen LogP contribution in [0.25, 0.3) is 0 Å². The number of hydrogen-bond donors (Lipinski definition) is 1. The summed E-state index contributed by atoms with van der Waals surface area (Å²) >= 11 is 6.06. The number of nitrogens with zero attached hydrogens (tertiary/aromatic N) is 1. The maximum Gasteiger partial charge on any atom is 0.255 e. The Hall–Kier alpha value is -2.71. The third-order valence-corrected chi connectivity index (χ3v) is 3.29. The third kappa shape index (κ3) is 3.30. The lowest BCUT2D eigenvalue weighted by Crippen LogP contribution is -2.12. The van der Waals surface area contributed by atoms with Crippen molar-refractivity contribution in [3.63, 3.8) is 0 Å². The number of anilines is 1. The summed E-state index contributed by atoms with van der Waals surface area (Å²) in [7, 11) is 2.98. The van der Waals surface area contributed by atoms with Crippen molar-refractivity contribution in [2.24, 2.45) is 0 Å². The van der Waals surface area contributed by atoms with Crippen LogP contribution in [0.1, 0.15) is 15.9 Å². The van der Waals surface area contributed by atoms with Crippen molar-refractivity contribution in [3.05, 3.63) is 52.5 Å². The predicted molar refractivity (Wildman–Crippen MR) is 83.7 cm³/mol. The van der Waals surface area contributed by atoms with Crippen molar-refractivity contribution >= 4 is 23.2 Å². The van der Waals surface area contributed by atoms with Gasteiger partial charge in [0.2, 0.25) is 0 Å². The number of nitriles is 1. The maximum atomic E-state index is 12.2. The van der Waals surface area contributed by atoms with Gasteiger partial charge in [-0.2, -0.15) is 5.26 Å². The van der Waals surface area contributed by atoms with Crippen LogP contribution in [0.2, 0.25) is 5.02 Å². The average molecular weight is 317 g/mol. The summed E-state index contributed by atoms with van der Waals surface area (Å²) in [4.78, 5) is 12.2. The van der Waals surface area contributed by atoms with Crippen molar-refractivity contribution in [2.45, 2.75) is 0 Å². The van der Waals surface area contributed by atoms with Crippen LogP contribution in [0.4, 0.5) is 5.69 Å². The van der Waals surface area contributed by atoms with Gasteiger partial charge in [-0.25, -0.2) is 0 Å². The molecule has 0 aliphatic carbocycles. The van der Waals surface area contributed by atoms with Crippen LogP contribution in [0.15, 0.2) is 36.4 Å². The fourth-order valence-corrected chi connectivity index (χ4v) is 2.09. The Balaban J connectivity index is 2.27. The molecule has 2 aromatic carbocycles. The monoisotopic (exact) mass is 316 g/mol. The van der Waals surface area contributed by atoms with Crippen molar-refractivity contribution in [3.8, 4) is 17.6 Å². The number of ether oxygens (including phenoxy) is 2. The second-order valence-corrected chi connectivity index (χ2v) is 4.74. The van der Waals surface area contributed by atoms with Crippen LogP contribution >= 0.6 is 11.6 Å². The number of methoxy groups -OCH3 is 2. The molecule has 6 heteroatoms. The highest BCUT2D eigenvalue weighted by molar-refractivity contribution is 6.32. The summed E-state index contributed by atoms with van der Waals surface area (Å²) < 4.78 is 10.3. The Labute approximate surface area is 133 Å². The smallest absolute Gasteiger partial charge is 0.255 e. The first-order valence-electron chi connectivity index (χ1n) is 6.32. The van der Waals surface area contributed by atoms with Crippen molar-refractivity contribution in [2.75, 3.05) is 19.5 Å². The van der Waals surface area contributed by atoms with E-state index in [1.807, 2.05) is 6.07 Å². The first kappa shape index (κ1) is 15.7. The number of rotatable bonds is 4. The summed E-state index contributed by atoms with van der Waals surface area (Å²) in [6.45, 7) is 0. The number of amides is 1. The van der Waals surface area contributed by atoms with E-state index in [1.165, 1.54) is 14.2 Å². The van der Waals surface area contributed by atoms with E-state index in [4.69, 9.17) is 26.3 Å². The number of carbonyl (C=O) groups is 1. The predicted octanol–water partition coefficient (Wildman–Crippen LogP) is 3.48. The molecule has 0 spiro atoms. The van der Waals surface area contributed by atoms with Gasteiger partial charge in [-0.3, -0.25) is 4.79 Å². The minimum absolute atomic E-state index is 0.330. The van der Waals surface area contributed by atoms with Gasteiger partial charge in [-0.1, -0.05) is 11.6 Å². The minimum Gasteiger partial charge on any atom is -0.495 e. The van der Waals surface area contributed by atoms with Gasteiger partial charge in [0.15, 0.2) is 0 Å². The molecule has 0 aliphatic heterocycles. The number of nitrogens with one attached hydrogen (secondary N) is 1. The quantitative estimate of drug-likeness (QED) is 0.937. The van der Waals surface area contributed by atoms with Crippen molar-refractivity contribution < 1.29 is 14.3 Å². The van der Waals surface area contributed by atoms with Crippen LogP contribution in [0.3, 0.4) is 0 Å². The highest BCUT2D eigenvalue weighted by Crippen LogP contribution is 2.36. The molecule has 0 saturated heterocycles. The van der Waals surface area contributed by atoms with Crippen LogP contribution in [-0.2, 0) is 0 Å². The zero-order valence-electron chi connectivity index (χ0n) is 12.0. The number of halogens is 1. The van der Waals surface area contributed by atoms with Gasteiger partial charge in [-0.05, 0) is 30.3 Å². The van der Waals surface area contributed by atoms with Gasteiger partial charge in [0.1, 0.15) is 11.5 Å². The molecule has 22 heavy (non-hydrogen) atoms. The van der Waals surface area contributed by atoms with E-state index in [9.17, 15) is 4.79 Å². The molecule has 0 saturated carbocycles. The lowest BCUT2D eigenvalue weighted by Gasteiger charge is -2.13. The van der Waals surface area contributed by atoms with E-state index < -0.39 is 0 Å². The highest BCUT2D eigenvalue weighted by atomic mass is 35.5. The normalized spacial score (nSPS) is 9.73. The molecule has 2 rings (SSSR count). The van der Waals surface area contributed by atoms with Gasteiger partial charge >= 0.3 is 0 Å². The second-order valence-electron chi connectivity index (χ2n) is 4.33. The van der Waals surface area contributed by atoms with Crippen LogP contribution in [0.5, 0.6) is 11.5 Å². The molecule has 0 unspecified atom stereocenters. The number of hydrogen-bond acceptors (Lipinski definition) is 4. The lowest BCUT2D eigenvalue weighted by molar-refractivity contribution is 0.102. The molecule has 0 aliphatic rings. The highest BCUT2D eigenvalue weighted by Gasteiger charge is 2.13. The Morgan fingerprint density at radius 1 is 1.14 bits per heavy atom. The Bertz CT molecular complexity index is 736. The lowest BCUT2D eigenvalue weighted by atomic mass is 10.1. The Kier molecular flexibility index (Phi) is 4.87. The van der Waals surface area contributed by atoms with Crippen molar-refractivity contribution in [1.29, 1.82) is 5.26 Å². The van der Waals surface area contributed by atoms with E-state index >= 15 is 0 Å². The summed E-state index contributed by atoms with van der Waals surface area (Å²) in [6, 6.07) is 11.5. The molecule has 1 amide bonds. The van der Waals surface area contributed by atoms with Crippen LogP contribution in [-0.4, -0.2) is 20.1 Å². The molecule has 2 aromatic rings. The average Bonchev–Trinajstić information content (AvgIpc) is 2.55. The molecule has 0 bridgehead atoms. The molecular weight excluding hydrogens is 304 g/mol. The van der Waals surface area contributed by atoms with E-state index in [0.29, 0.717) is 33.3 Å². The summed E-state index contributed by atoms with van der Waals surface area (Å²) in [5.74, 6) is 0.558. The van der Waals surface area contributed by atoms with Gasteiger partial charge in [0.25, 0.3) is 5.91 Å². The number of carbonyl (C=O) groups excluding carboxylic acids is 1. The fourth-order valence-electron chi connectivity index (χ4n) is 1.85. The molecule has 0 heterocycles. The Morgan fingerprint density at radius 2 is 1.77 bits per heavy atom. The molecule has 0 aromatic heterocycles. The number of benzene rings is 2. The van der Waals surface area contributed by atoms with Gasteiger partial charge in [-0.15, -0.1) is 0 Å². The molecular formula is C16H13ClN2O3. The summed E-state index contributed by atoms with van der Waals surface area (Å²) in [5, 5.41) is 11.8. The van der Waals surface area contributed by atoms with E-state index in [0.717, 1.165) is 0 Å².